The van der Waals surface area contributed by atoms with Crippen LogP contribution in [-0.2, 0) is 65.4 Å². The summed E-state index contributed by atoms with van der Waals surface area (Å²) in [6.45, 7) is 9.67. The number of unbranched alkanes of at least 4 members (excludes halogenated alkanes) is 45. The van der Waals surface area contributed by atoms with E-state index in [1.165, 1.54) is 218 Å². The van der Waals surface area contributed by atoms with Crippen LogP contribution in [0.25, 0.3) is 0 Å². The van der Waals surface area contributed by atoms with Crippen LogP contribution in [0.4, 0.5) is 0 Å². The van der Waals surface area contributed by atoms with Gasteiger partial charge in [-0.1, -0.05) is 350 Å². The molecule has 0 heterocycles. The molecule has 0 rings (SSSR count). The first-order valence-corrected chi connectivity index (χ1v) is 43.0. The van der Waals surface area contributed by atoms with Crippen LogP contribution in [0.3, 0.4) is 0 Å². The van der Waals surface area contributed by atoms with Gasteiger partial charge in [0.25, 0.3) is 0 Å². The highest BCUT2D eigenvalue weighted by molar-refractivity contribution is 7.47. The molecule has 0 aromatic heterocycles. The minimum absolute atomic E-state index is 0.108. The molecule has 0 fully saturated rings. The second-order valence-corrected chi connectivity index (χ2v) is 31.4. The maximum atomic E-state index is 13.1. The number of rotatable bonds is 76. The van der Waals surface area contributed by atoms with Gasteiger partial charge >= 0.3 is 39.5 Å². The van der Waals surface area contributed by atoms with Crippen molar-refractivity contribution in [2.45, 2.75) is 419 Å². The van der Waals surface area contributed by atoms with Crippen LogP contribution in [0.2, 0.25) is 0 Å². The van der Waals surface area contributed by atoms with Crippen molar-refractivity contribution in [1.29, 1.82) is 0 Å². The highest BCUT2D eigenvalue weighted by atomic mass is 31.2. The number of hydrogen-bond acceptors (Lipinski definition) is 15. The summed E-state index contributed by atoms with van der Waals surface area (Å²) in [5.41, 5.74) is 0. The van der Waals surface area contributed by atoms with Gasteiger partial charge in [-0.25, -0.2) is 9.13 Å². The van der Waals surface area contributed by atoms with Crippen LogP contribution < -0.4 is 0 Å². The largest absolute Gasteiger partial charge is 0.472 e. The smallest absolute Gasteiger partial charge is 0.462 e. The molecule has 17 nitrogen and oxygen atoms in total. The molecule has 3 unspecified atom stereocenters. The average Bonchev–Trinajstić information content (AvgIpc) is 1.55. The van der Waals surface area contributed by atoms with Crippen molar-refractivity contribution in [3.8, 4) is 0 Å². The molecule has 0 saturated carbocycles. The fourth-order valence-corrected chi connectivity index (χ4v) is 13.4. The van der Waals surface area contributed by atoms with Crippen molar-refractivity contribution in [3.05, 3.63) is 0 Å². The van der Waals surface area contributed by atoms with Gasteiger partial charge in [0.05, 0.1) is 26.4 Å². The third-order valence-corrected chi connectivity index (χ3v) is 20.2. The Hall–Kier alpha value is -1.94. The Morgan fingerprint density at radius 3 is 0.792 bits per heavy atom. The third kappa shape index (κ3) is 69.2. The van der Waals surface area contributed by atoms with E-state index in [1.807, 2.05) is 0 Å². The first-order valence-electron chi connectivity index (χ1n) is 40.0. The van der Waals surface area contributed by atoms with Crippen molar-refractivity contribution < 1.29 is 80.2 Å². The second kappa shape index (κ2) is 68.8. The normalized spacial score (nSPS) is 14.3. The lowest BCUT2D eigenvalue weighted by molar-refractivity contribution is -0.161. The van der Waals surface area contributed by atoms with Crippen LogP contribution in [0.5, 0.6) is 0 Å². The summed E-state index contributed by atoms with van der Waals surface area (Å²) >= 11 is 0. The lowest BCUT2D eigenvalue weighted by Gasteiger charge is -2.21. The molecule has 0 aliphatic rings. The van der Waals surface area contributed by atoms with Gasteiger partial charge in [-0.05, 0) is 37.5 Å². The lowest BCUT2D eigenvalue weighted by Crippen LogP contribution is -2.30. The van der Waals surface area contributed by atoms with Crippen molar-refractivity contribution in [2.24, 2.45) is 11.8 Å². The molecule has 19 heteroatoms. The minimum atomic E-state index is -4.96. The zero-order valence-electron chi connectivity index (χ0n) is 62.7. The van der Waals surface area contributed by atoms with E-state index in [1.54, 1.807) is 0 Å². The summed E-state index contributed by atoms with van der Waals surface area (Å²) in [4.78, 5) is 72.8. The van der Waals surface area contributed by atoms with Gasteiger partial charge in [0.15, 0.2) is 12.2 Å². The molecule has 0 aromatic carbocycles. The molecule has 570 valence electrons. The van der Waals surface area contributed by atoms with E-state index in [-0.39, 0.29) is 25.7 Å². The number of aliphatic hydroxyl groups is 1. The van der Waals surface area contributed by atoms with Crippen molar-refractivity contribution >= 4 is 39.5 Å². The van der Waals surface area contributed by atoms with Gasteiger partial charge in [-0.15, -0.1) is 0 Å². The number of aliphatic hydroxyl groups excluding tert-OH is 1. The minimum Gasteiger partial charge on any atom is -0.462 e. The first-order chi connectivity index (χ1) is 46.4. The molecule has 0 aromatic rings. The molecular weight excluding hydrogens is 1260 g/mol. The molecule has 0 aliphatic carbocycles. The Morgan fingerprint density at radius 2 is 0.531 bits per heavy atom. The average molecular weight is 1410 g/mol. The number of carbonyl (C=O) groups is 4. The van der Waals surface area contributed by atoms with Crippen LogP contribution >= 0.6 is 15.6 Å². The number of carbonyl (C=O) groups excluding carboxylic acids is 4. The molecule has 0 saturated heterocycles. The fourth-order valence-electron chi connectivity index (χ4n) is 11.8. The molecular formula is C77H150O17P2. The Balaban J connectivity index is 5.24. The number of esters is 4. The molecule has 0 amide bonds. The Labute approximate surface area is 588 Å². The van der Waals surface area contributed by atoms with E-state index >= 15 is 0 Å². The summed E-state index contributed by atoms with van der Waals surface area (Å²) in [5, 5.41) is 10.6. The van der Waals surface area contributed by atoms with Crippen molar-refractivity contribution in [1.82, 2.24) is 0 Å². The number of phosphoric ester groups is 2. The van der Waals surface area contributed by atoms with Gasteiger partial charge in [0, 0.05) is 25.7 Å². The molecule has 0 aliphatic heterocycles. The van der Waals surface area contributed by atoms with E-state index in [0.29, 0.717) is 25.7 Å². The van der Waals surface area contributed by atoms with Gasteiger partial charge in [-0.2, -0.15) is 0 Å². The van der Waals surface area contributed by atoms with Crippen molar-refractivity contribution in [2.75, 3.05) is 39.6 Å². The maximum absolute atomic E-state index is 13.1. The monoisotopic (exact) mass is 1410 g/mol. The van der Waals surface area contributed by atoms with E-state index in [2.05, 4.69) is 41.5 Å². The van der Waals surface area contributed by atoms with E-state index < -0.39 is 97.5 Å². The molecule has 0 spiro atoms. The fraction of sp³-hybridized carbons (Fsp3) is 0.948. The Bertz CT molecular complexity index is 1860. The van der Waals surface area contributed by atoms with E-state index in [4.69, 9.17) is 37.0 Å². The van der Waals surface area contributed by atoms with E-state index in [0.717, 1.165) is 102 Å². The highest BCUT2D eigenvalue weighted by Crippen LogP contribution is 2.45. The van der Waals surface area contributed by atoms with Gasteiger partial charge < -0.3 is 33.8 Å². The first kappa shape index (κ1) is 94.1. The summed E-state index contributed by atoms with van der Waals surface area (Å²) < 4.78 is 68.6. The van der Waals surface area contributed by atoms with Gasteiger partial charge in [0.2, 0.25) is 0 Å². The summed E-state index contributed by atoms with van der Waals surface area (Å²) in [6.07, 6.45) is 56.7. The summed E-state index contributed by atoms with van der Waals surface area (Å²) in [6, 6.07) is 0. The molecule has 0 bridgehead atoms. The zero-order chi connectivity index (χ0) is 70.7. The Kier molecular flexibility index (Phi) is 67.4. The Morgan fingerprint density at radius 1 is 0.302 bits per heavy atom. The van der Waals surface area contributed by atoms with Gasteiger partial charge in [-0.3, -0.25) is 37.3 Å². The zero-order valence-corrected chi connectivity index (χ0v) is 64.5. The SMILES string of the molecule is CCCCCCCCCCCCCCC(=O)O[C@H](COC(=O)CCCCCCCCCCCC)COP(=O)(O)OC[C@H](O)COP(=O)(O)OC[C@@H](COC(=O)CCCCCCCCCCCCCCCC(C)C)OC(=O)CCCCCCCCCCCCCCCCC(C)CC. The van der Waals surface area contributed by atoms with Gasteiger partial charge in [0.1, 0.15) is 19.3 Å². The van der Waals surface area contributed by atoms with Crippen LogP contribution in [0, 0.1) is 11.8 Å². The maximum Gasteiger partial charge on any atom is 0.472 e. The predicted octanol–water partition coefficient (Wildman–Crippen LogP) is 22.7. The number of ether oxygens (including phenoxy) is 4. The third-order valence-electron chi connectivity index (χ3n) is 18.3. The second-order valence-electron chi connectivity index (χ2n) is 28.5. The lowest BCUT2D eigenvalue weighted by atomic mass is 9.99. The van der Waals surface area contributed by atoms with E-state index in [9.17, 15) is 43.2 Å². The quantitative estimate of drug-likeness (QED) is 0.0222. The number of hydrogen-bond donors (Lipinski definition) is 3. The van der Waals surface area contributed by atoms with Crippen LogP contribution in [0.1, 0.15) is 401 Å². The standard InChI is InChI=1S/C77H150O17P2/c1-7-10-12-14-16-18-20-30-37-43-49-55-61-76(81)93-72(65-87-74(79)59-53-47-41-35-19-17-15-13-11-8-2)67-91-95(83,84)89-63-71(78)64-90-96(85,86)92-68-73(66-88-75(80)60-54-48-42-36-31-27-23-24-28-33-39-45-51-57-69(4)5)94-77(82)62-56-50-44-38-32-26-22-21-25-29-34-40-46-52-58-70(6)9-3/h69-73,78H,7-68H2,1-6H3,(H,83,84)(H,85,86)/t70?,71-,72+,73+/m0/s1. The van der Waals surface area contributed by atoms with Crippen LogP contribution in [0.15, 0.2) is 0 Å². The highest BCUT2D eigenvalue weighted by Gasteiger charge is 2.30. The number of phosphoric acid groups is 2. The summed E-state index contributed by atoms with van der Waals surface area (Å²) in [7, 11) is -9.91. The molecule has 3 N–H and O–H groups in total. The van der Waals surface area contributed by atoms with Crippen LogP contribution in [-0.4, -0.2) is 96.7 Å². The summed E-state index contributed by atoms with van der Waals surface area (Å²) in [5.74, 6) is -0.475. The topological polar surface area (TPSA) is 237 Å². The molecule has 96 heavy (non-hydrogen) atoms. The van der Waals surface area contributed by atoms with Crippen molar-refractivity contribution in [3.63, 3.8) is 0 Å². The molecule has 0 radical (unpaired) electrons. The molecule has 6 atom stereocenters. The predicted molar refractivity (Wildman–Crippen MR) is 391 cm³/mol.